The Labute approximate surface area is 136 Å². The Hall–Kier alpha value is -1.56. The van der Waals surface area contributed by atoms with Crippen LogP contribution in [0, 0.1) is 0 Å². The van der Waals surface area contributed by atoms with Crippen LogP contribution in [0.3, 0.4) is 0 Å². The maximum atomic E-state index is 12.2. The van der Waals surface area contributed by atoms with Crippen LogP contribution in [-0.2, 0) is 6.54 Å². The molecule has 3 N–H and O–H groups in total. The van der Waals surface area contributed by atoms with Gasteiger partial charge in [-0.05, 0) is 45.8 Å². The number of hydrogen-bond acceptors (Lipinski definition) is 3. The average molecular weight is 370 g/mol. The van der Waals surface area contributed by atoms with E-state index in [1.165, 1.54) is 7.11 Å². The first-order valence-corrected chi connectivity index (χ1v) is 7.35. The zero-order valence-electron chi connectivity index (χ0n) is 11.3. The molecule has 0 fully saturated rings. The maximum absolute atomic E-state index is 12.2. The summed E-state index contributed by atoms with van der Waals surface area (Å²) in [7, 11) is 1.53. The topological polar surface area (TPSA) is 64.3 Å². The monoisotopic (exact) mass is 368 g/mol. The number of hydrogen-bond donors (Lipinski definition) is 2. The summed E-state index contributed by atoms with van der Waals surface area (Å²) in [6.45, 7) is 0.441. The second-order valence-corrected chi connectivity index (χ2v) is 5.61. The third kappa shape index (κ3) is 3.75. The lowest BCUT2D eigenvalue weighted by atomic mass is 10.1. The van der Waals surface area contributed by atoms with Gasteiger partial charge in [-0.15, -0.1) is 0 Å². The van der Waals surface area contributed by atoms with Crippen molar-refractivity contribution in [3.8, 4) is 5.75 Å². The maximum Gasteiger partial charge on any atom is 0.255 e. The van der Waals surface area contributed by atoms with Crippen LogP contribution < -0.4 is 15.8 Å². The van der Waals surface area contributed by atoms with Crippen LogP contribution in [0.25, 0.3) is 0 Å². The normalized spacial score (nSPS) is 10.3. The van der Waals surface area contributed by atoms with Crippen LogP contribution in [0.4, 0.5) is 5.69 Å². The Morgan fingerprint density at radius 3 is 2.57 bits per heavy atom. The van der Waals surface area contributed by atoms with Gasteiger partial charge >= 0.3 is 0 Å². The van der Waals surface area contributed by atoms with Crippen LogP contribution >= 0.6 is 27.5 Å². The van der Waals surface area contributed by atoms with Crippen molar-refractivity contribution in [3.63, 3.8) is 0 Å². The zero-order valence-corrected chi connectivity index (χ0v) is 13.7. The van der Waals surface area contributed by atoms with Crippen LogP contribution in [-0.4, -0.2) is 13.0 Å². The van der Waals surface area contributed by atoms with Gasteiger partial charge in [0.1, 0.15) is 0 Å². The van der Waals surface area contributed by atoms with Crippen LogP contribution in [0.2, 0.25) is 5.02 Å². The number of halogens is 2. The largest absolute Gasteiger partial charge is 0.493 e. The third-order valence-corrected chi connectivity index (χ3v) is 3.72. The fourth-order valence-electron chi connectivity index (χ4n) is 1.85. The summed E-state index contributed by atoms with van der Waals surface area (Å²) < 4.78 is 5.94. The zero-order chi connectivity index (χ0) is 15.4. The van der Waals surface area contributed by atoms with Gasteiger partial charge in [0.25, 0.3) is 5.91 Å². The minimum atomic E-state index is -0.244. The molecule has 0 radical (unpaired) electrons. The molecule has 0 aliphatic rings. The van der Waals surface area contributed by atoms with Crippen molar-refractivity contribution >= 4 is 39.1 Å². The molecule has 0 spiro atoms. The van der Waals surface area contributed by atoms with E-state index < -0.39 is 0 Å². The molecule has 0 aliphatic heterocycles. The van der Waals surface area contributed by atoms with E-state index in [-0.39, 0.29) is 5.91 Å². The number of nitrogens with one attached hydrogen (secondary N) is 1. The number of nitrogens with two attached hydrogens (primary N) is 1. The summed E-state index contributed by atoms with van der Waals surface area (Å²) in [6, 6.07) is 10.4. The average Bonchev–Trinajstić information content (AvgIpc) is 2.47. The number of ether oxygens (including phenoxy) is 1. The summed E-state index contributed by atoms with van der Waals surface area (Å²) in [5.74, 6) is 0.275. The quantitative estimate of drug-likeness (QED) is 0.861. The van der Waals surface area contributed by atoms with Gasteiger partial charge in [0.15, 0.2) is 5.75 Å². The van der Waals surface area contributed by atoms with Crippen molar-refractivity contribution < 1.29 is 9.53 Å². The predicted molar refractivity (Wildman–Crippen MR) is 88.0 cm³/mol. The lowest BCUT2D eigenvalue weighted by Crippen LogP contribution is -2.13. The molecule has 21 heavy (non-hydrogen) atoms. The Morgan fingerprint density at radius 1 is 1.33 bits per heavy atom. The highest BCUT2D eigenvalue weighted by Crippen LogP contribution is 2.36. The number of benzene rings is 2. The van der Waals surface area contributed by atoms with Gasteiger partial charge in [-0.3, -0.25) is 4.79 Å². The first-order valence-electron chi connectivity index (χ1n) is 6.18. The predicted octanol–water partition coefficient (Wildman–Crippen LogP) is 3.82. The smallest absolute Gasteiger partial charge is 0.255 e. The van der Waals surface area contributed by atoms with Gasteiger partial charge in [0, 0.05) is 17.1 Å². The van der Waals surface area contributed by atoms with Crippen molar-refractivity contribution in [1.29, 1.82) is 0 Å². The Bertz CT molecular complexity index is 659. The van der Waals surface area contributed by atoms with Gasteiger partial charge < -0.3 is 15.8 Å². The summed E-state index contributed by atoms with van der Waals surface area (Å²) in [5.41, 5.74) is 7.54. The van der Waals surface area contributed by atoms with E-state index in [0.717, 1.165) is 5.56 Å². The van der Waals surface area contributed by atoms with Crippen LogP contribution in [0.15, 0.2) is 40.9 Å². The fourth-order valence-corrected chi connectivity index (χ4v) is 2.82. The van der Waals surface area contributed by atoms with E-state index in [4.69, 9.17) is 22.1 Å². The van der Waals surface area contributed by atoms with E-state index in [1.54, 1.807) is 24.3 Å². The van der Waals surface area contributed by atoms with Crippen molar-refractivity contribution in [2.24, 2.45) is 5.73 Å². The van der Waals surface area contributed by atoms with Gasteiger partial charge in [0.05, 0.1) is 17.3 Å². The summed E-state index contributed by atoms with van der Waals surface area (Å²) >= 11 is 9.35. The molecule has 0 saturated heterocycles. The highest BCUT2D eigenvalue weighted by Gasteiger charge is 2.13. The van der Waals surface area contributed by atoms with Gasteiger partial charge in [0.2, 0.25) is 0 Å². The molecule has 0 heterocycles. The number of methoxy groups -OCH3 is 1. The molecule has 0 atom stereocenters. The summed E-state index contributed by atoms with van der Waals surface area (Å²) in [6.07, 6.45) is 0. The number of rotatable bonds is 4. The molecule has 0 aromatic heterocycles. The molecule has 0 unspecified atom stereocenters. The first-order chi connectivity index (χ1) is 10.0. The molecule has 4 nitrogen and oxygen atoms in total. The van der Waals surface area contributed by atoms with Crippen molar-refractivity contribution in [2.75, 3.05) is 12.4 Å². The molecule has 2 aromatic rings. The number of amides is 1. The molecule has 0 saturated carbocycles. The Morgan fingerprint density at radius 2 is 2.00 bits per heavy atom. The highest BCUT2D eigenvalue weighted by molar-refractivity contribution is 9.10. The second kappa shape index (κ2) is 6.93. The standard InChI is InChI=1S/C15H14BrClN2O2/c1-21-14-12(16)6-11(17)7-13(14)19-15(20)10-4-2-9(8-18)3-5-10/h2-7H,8,18H2,1H3,(H,19,20). The van der Waals surface area contributed by atoms with E-state index in [0.29, 0.717) is 33.0 Å². The van der Waals surface area contributed by atoms with Crippen LogP contribution in [0.5, 0.6) is 5.75 Å². The van der Waals surface area contributed by atoms with Crippen LogP contribution in [0.1, 0.15) is 15.9 Å². The van der Waals surface area contributed by atoms with E-state index in [1.807, 2.05) is 12.1 Å². The molecular formula is C15H14BrClN2O2. The van der Waals surface area contributed by atoms with Gasteiger partial charge in [-0.2, -0.15) is 0 Å². The summed E-state index contributed by atoms with van der Waals surface area (Å²) in [4.78, 5) is 12.2. The lowest BCUT2D eigenvalue weighted by molar-refractivity contribution is 0.102. The summed E-state index contributed by atoms with van der Waals surface area (Å²) in [5, 5.41) is 3.28. The second-order valence-electron chi connectivity index (χ2n) is 4.32. The molecule has 2 aromatic carbocycles. The fraction of sp³-hybridized carbons (Fsp3) is 0.133. The number of carbonyl (C=O) groups excluding carboxylic acids is 1. The molecule has 110 valence electrons. The molecule has 1 amide bonds. The lowest BCUT2D eigenvalue weighted by Gasteiger charge is -2.12. The highest BCUT2D eigenvalue weighted by atomic mass is 79.9. The minimum Gasteiger partial charge on any atom is -0.493 e. The van der Waals surface area contributed by atoms with E-state index >= 15 is 0 Å². The third-order valence-electron chi connectivity index (χ3n) is 2.91. The molecule has 6 heteroatoms. The van der Waals surface area contributed by atoms with E-state index in [9.17, 15) is 4.79 Å². The number of carbonyl (C=O) groups is 1. The minimum absolute atomic E-state index is 0.244. The van der Waals surface area contributed by atoms with Gasteiger partial charge in [-0.1, -0.05) is 23.7 Å². The molecular weight excluding hydrogens is 356 g/mol. The van der Waals surface area contributed by atoms with Crippen molar-refractivity contribution in [1.82, 2.24) is 0 Å². The molecule has 2 rings (SSSR count). The van der Waals surface area contributed by atoms with Crippen molar-refractivity contribution in [2.45, 2.75) is 6.54 Å². The van der Waals surface area contributed by atoms with E-state index in [2.05, 4.69) is 21.2 Å². The number of anilines is 1. The molecule has 0 bridgehead atoms. The van der Waals surface area contributed by atoms with Gasteiger partial charge in [-0.25, -0.2) is 0 Å². The Kier molecular flexibility index (Phi) is 5.22. The Balaban J connectivity index is 2.26. The van der Waals surface area contributed by atoms with Crippen molar-refractivity contribution in [3.05, 3.63) is 57.0 Å². The molecule has 0 aliphatic carbocycles. The SMILES string of the molecule is COc1c(Br)cc(Cl)cc1NC(=O)c1ccc(CN)cc1. The first kappa shape index (κ1) is 15.8.